The zero-order valence-corrected chi connectivity index (χ0v) is 28.6. The number of carbonyl (C=O) groups excluding carboxylic acids is 2. The van der Waals surface area contributed by atoms with Crippen LogP contribution in [0.25, 0.3) is 0 Å². The van der Waals surface area contributed by atoms with Crippen molar-refractivity contribution in [1.29, 1.82) is 0 Å². The highest BCUT2D eigenvalue weighted by molar-refractivity contribution is 6.19. The molecule has 0 saturated carbocycles. The van der Waals surface area contributed by atoms with E-state index < -0.39 is 0 Å². The van der Waals surface area contributed by atoms with E-state index in [9.17, 15) is 9.59 Å². The van der Waals surface area contributed by atoms with Crippen LogP contribution in [0.5, 0.6) is 11.5 Å². The Kier molecular flexibility index (Phi) is 17.0. The zero-order chi connectivity index (χ0) is 33.0. The molecule has 0 fully saturated rings. The van der Waals surface area contributed by atoms with E-state index in [1.54, 1.807) is 14.2 Å². The van der Waals surface area contributed by atoms with Gasteiger partial charge in [0.1, 0.15) is 11.5 Å². The van der Waals surface area contributed by atoms with E-state index in [4.69, 9.17) is 9.47 Å². The van der Waals surface area contributed by atoms with Gasteiger partial charge >= 0.3 is 0 Å². The fourth-order valence-corrected chi connectivity index (χ4v) is 5.76. The highest BCUT2D eigenvalue weighted by Gasteiger charge is 2.19. The molecule has 46 heavy (non-hydrogen) atoms. The predicted molar refractivity (Wildman–Crippen MR) is 187 cm³/mol. The molecule has 8 nitrogen and oxygen atoms in total. The van der Waals surface area contributed by atoms with E-state index in [1.165, 1.54) is 23.3 Å². The van der Waals surface area contributed by atoms with Crippen molar-refractivity contribution in [2.24, 2.45) is 0 Å². The summed E-state index contributed by atoms with van der Waals surface area (Å²) in [5.41, 5.74) is 3.24. The maximum Gasteiger partial charge on any atom is 0.203 e. The SMILES string of the molecule is CCN(CCCCCCNC1=CC(=O)C(NCCCCCCN(CC)Cc2ccccc2OC)=CC1=O)Cc1ccccc1OC. The Balaban J connectivity index is 1.23. The monoisotopic (exact) mass is 632 g/mol. The number of hydrogen-bond donors (Lipinski definition) is 2. The summed E-state index contributed by atoms with van der Waals surface area (Å²) in [6, 6.07) is 16.4. The molecular formula is C38H56N4O4. The van der Waals surface area contributed by atoms with Crippen molar-refractivity contribution in [2.75, 3.05) is 53.5 Å². The van der Waals surface area contributed by atoms with Crippen molar-refractivity contribution in [3.63, 3.8) is 0 Å². The second kappa shape index (κ2) is 21.2. The van der Waals surface area contributed by atoms with Crippen LogP contribution in [0.2, 0.25) is 0 Å². The molecular weight excluding hydrogens is 576 g/mol. The van der Waals surface area contributed by atoms with Crippen molar-refractivity contribution < 1.29 is 19.1 Å². The van der Waals surface area contributed by atoms with Gasteiger partial charge in [0, 0.05) is 49.5 Å². The summed E-state index contributed by atoms with van der Waals surface area (Å²) in [4.78, 5) is 30.1. The normalized spacial score (nSPS) is 13.2. The van der Waals surface area contributed by atoms with Crippen LogP contribution < -0.4 is 20.1 Å². The van der Waals surface area contributed by atoms with Gasteiger partial charge in [0.05, 0.1) is 25.6 Å². The largest absolute Gasteiger partial charge is 0.496 e. The third kappa shape index (κ3) is 12.6. The van der Waals surface area contributed by atoms with E-state index in [0.717, 1.165) is 102 Å². The van der Waals surface area contributed by atoms with Gasteiger partial charge in [-0.15, -0.1) is 0 Å². The number of allylic oxidation sites excluding steroid dienone is 2. The van der Waals surface area contributed by atoms with Gasteiger partial charge in [-0.3, -0.25) is 19.4 Å². The van der Waals surface area contributed by atoms with E-state index in [-0.39, 0.29) is 11.6 Å². The molecule has 0 atom stereocenters. The molecule has 0 saturated heterocycles. The van der Waals surface area contributed by atoms with E-state index >= 15 is 0 Å². The number of methoxy groups -OCH3 is 2. The predicted octanol–water partition coefficient (Wildman–Crippen LogP) is 6.27. The summed E-state index contributed by atoms with van der Waals surface area (Å²) in [6.45, 7) is 11.6. The van der Waals surface area contributed by atoms with Gasteiger partial charge < -0.3 is 20.1 Å². The Bertz CT molecular complexity index is 1180. The molecule has 252 valence electrons. The number of rotatable bonds is 24. The van der Waals surface area contributed by atoms with Gasteiger partial charge in [-0.25, -0.2) is 0 Å². The van der Waals surface area contributed by atoms with Crippen LogP contribution in [0.15, 0.2) is 72.1 Å². The molecule has 0 radical (unpaired) electrons. The molecule has 2 aromatic rings. The lowest BCUT2D eigenvalue weighted by molar-refractivity contribution is -0.115. The third-order valence-corrected chi connectivity index (χ3v) is 8.58. The van der Waals surface area contributed by atoms with Crippen molar-refractivity contribution >= 4 is 11.6 Å². The molecule has 0 aromatic heterocycles. The topological polar surface area (TPSA) is 83.1 Å². The second-order valence-corrected chi connectivity index (χ2v) is 11.9. The minimum Gasteiger partial charge on any atom is -0.496 e. The van der Waals surface area contributed by atoms with Crippen LogP contribution in [0, 0.1) is 0 Å². The fraction of sp³-hybridized carbons (Fsp3) is 0.526. The first-order valence-corrected chi connectivity index (χ1v) is 17.2. The Morgan fingerprint density at radius 1 is 0.565 bits per heavy atom. The average Bonchev–Trinajstić information content (AvgIpc) is 3.08. The summed E-state index contributed by atoms with van der Waals surface area (Å²) in [7, 11) is 3.44. The van der Waals surface area contributed by atoms with Crippen LogP contribution in [0.4, 0.5) is 0 Å². The van der Waals surface area contributed by atoms with E-state index in [0.29, 0.717) is 24.5 Å². The summed E-state index contributed by atoms with van der Waals surface area (Å²) >= 11 is 0. The number of nitrogens with zero attached hydrogens (tertiary/aromatic N) is 2. The summed E-state index contributed by atoms with van der Waals surface area (Å²) in [5.74, 6) is 1.62. The van der Waals surface area contributed by atoms with E-state index in [2.05, 4.69) is 58.5 Å². The maximum absolute atomic E-state index is 12.6. The minimum absolute atomic E-state index is 0.133. The molecule has 1 aliphatic rings. The summed E-state index contributed by atoms with van der Waals surface area (Å²) in [5, 5.41) is 6.37. The lowest BCUT2D eigenvalue weighted by Gasteiger charge is -2.21. The van der Waals surface area contributed by atoms with E-state index in [1.807, 2.05) is 24.3 Å². The molecule has 0 amide bonds. The number of ether oxygens (including phenoxy) is 2. The lowest BCUT2D eigenvalue weighted by Crippen LogP contribution is -2.30. The molecule has 2 aromatic carbocycles. The molecule has 1 aliphatic carbocycles. The van der Waals surface area contributed by atoms with Crippen LogP contribution in [0.1, 0.15) is 76.3 Å². The zero-order valence-electron chi connectivity index (χ0n) is 28.6. The average molecular weight is 633 g/mol. The molecule has 0 heterocycles. The summed E-state index contributed by atoms with van der Waals surface area (Å²) < 4.78 is 11.0. The molecule has 8 heteroatoms. The van der Waals surface area contributed by atoms with Gasteiger partial charge in [0.2, 0.25) is 11.6 Å². The first kappa shape index (κ1) is 36.8. The number of nitrogens with one attached hydrogen (secondary N) is 2. The third-order valence-electron chi connectivity index (χ3n) is 8.58. The number of carbonyl (C=O) groups is 2. The van der Waals surface area contributed by atoms with Crippen molar-refractivity contribution in [2.45, 2.75) is 78.3 Å². The smallest absolute Gasteiger partial charge is 0.203 e. The number of unbranched alkanes of at least 4 members (excludes halogenated alkanes) is 6. The van der Waals surface area contributed by atoms with Crippen LogP contribution in [0.3, 0.4) is 0 Å². The first-order valence-electron chi connectivity index (χ1n) is 17.2. The van der Waals surface area contributed by atoms with Gasteiger partial charge in [0.15, 0.2) is 0 Å². The van der Waals surface area contributed by atoms with Gasteiger partial charge in [-0.05, 0) is 64.0 Å². The van der Waals surface area contributed by atoms with Crippen LogP contribution in [-0.4, -0.2) is 74.9 Å². The first-order chi connectivity index (χ1) is 22.5. The van der Waals surface area contributed by atoms with Crippen LogP contribution in [-0.2, 0) is 22.7 Å². The van der Waals surface area contributed by atoms with Crippen molar-refractivity contribution in [1.82, 2.24) is 20.4 Å². The van der Waals surface area contributed by atoms with Gasteiger partial charge in [-0.1, -0.05) is 75.9 Å². The minimum atomic E-state index is -0.133. The number of benzene rings is 2. The highest BCUT2D eigenvalue weighted by atomic mass is 16.5. The summed E-state index contributed by atoms with van der Waals surface area (Å²) in [6.07, 6.45) is 11.5. The molecule has 0 unspecified atom stereocenters. The number of ketones is 2. The van der Waals surface area contributed by atoms with Crippen molar-refractivity contribution in [3.05, 3.63) is 83.2 Å². The second-order valence-electron chi connectivity index (χ2n) is 11.9. The van der Waals surface area contributed by atoms with Crippen molar-refractivity contribution in [3.8, 4) is 11.5 Å². The quantitative estimate of drug-likeness (QED) is 0.104. The lowest BCUT2D eigenvalue weighted by atomic mass is 10.1. The molecule has 0 aliphatic heterocycles. The van der Waals surface area contributed by atoms with Gasteiger partial charge in [-0.2, -0.15) is 0 Å². The number of para-hydroxylation sites is 2. The Morgan fingerprint density at radius 2 is 0.957 bits per heavy atom. The molecule has 2 N–H and O–H groups in total. The standard InChI is InChI=1S/C38H56N4O4/c1-5-41(29-31-19-11-13-21-37(31)45-3)25-17-9-7-15-23-39-33-27-36(44)34(28-35(33)43)40-24-16-8-10-18-26-42(6-2)30-32-20-12-14-22-38(32)46-4/h11-14,19-22,27-28,39-40H,5-10,15-18,23-26,29-30H2,1-4H3. The Morgan fingerprint density at radius 3 is 1.35 bits per heavy atom. The molecule has 0 bridgehead atoms. The highest BCUT2D eigenvalue weighted by Crippen LogP contribution is 2.21. The van der Waals surface area contributed by atoms with Gasteiger partial charge in [0.25, 0.3) is 0 Å². The van der Waals surface area contributed by atoms with Crippen LogP contribution >= 0.6 is 0 Å². The molecule has 0 spiro atoms. The fourth-order valence-electron chi connectivity index (χ4n) is 5.76. The Labute approximate surface area is 277 Å². The maximum atomic E-state index is 12.6. The molecule has 3 rings (SSSR count). The number of hydrogen-bond acceptors (Lipinski definition) is 8. The Hall–Kier alpha value is -3.62.